The molecular weight excluding hydrogens is 480 g/mol. The third-order valence-electron chi connectivity index (χ3n) is 5.73. The molecule has 3 aromatic carbocycles. The van der Waals surface area contributed by atoms with Crippen LogP contribution in [0.4, 0.5) is 5.69 Å². The first-order chi connectivity index (χ1) is 16.0. The average molecular weight is 501 g/mol. The van der Waals surface area contributed by atoms with E-state index in [-0.39, 0.29) is 12.5 Å². The molecule has 0 radical (unpaired) electrons. The van der Waals surface area contributed by atoms with Gasteiger partial charge in [0.2, 0.25) is 0 Å². The predicted octanol–water partition coefficient (Wildman–Crippen LogP) is 6.21. The van der Waals surface area contributed by atoms with Crippen molar-refractivity contribution in [1.82, 2.24) is 4.98 Å². The van der Waals surface area contributed by atoms with Crippen molar-refractivity contribution in [1.29, 1.82) is 0 Å². The van der Waals surface area contributed by atoms with Gasteiger partial charge >= 0.3 is 0 Å². The number of likely N-dealkylation sites (N-methyl/N-ethyl adjacent to an activating group) is 1. The molecule has 0 aliphatic carbocycles. The summed E-state index contributed by atoms with van der Waals surface area (Å²) in [5.41, 5.74) is 6.45. The maximum atomic E-state index is 12.1. The highest BCUT2D eigenvalue weighted by Crippen LogP contribution is 2.37. The molecule has 1 aliphatic rings. The molecular formula is C27H21BrN2O3. The Hall–Kier alpha value is -3.64. The summed E-state index contributed by atoms with van der Waals surface area (Å²) in [5.74, 6) is 1.43. The fourth-order valence-electron chi connectivity index (χ4n) is 3.83. The summed E-state index contributed by atoms with van der Waals surface area (Å²) in [6.45, 7) is 0.0573. The number of halogens is 1. The molecule has 0 saturated carbocycles. The third-order valence-corrected chi connectivity index (χ3v) is 6.26. The molecule has 0 bridgehead atoms. The van der Waals surface area contributed by atoms with Gasteiger partial charge in [-0.3, -0.25) is 4.79 Å². The Morgan fingerprint density at radius 3 is 2.18 bits per heavy atom. The summed E-state index contributed by atoms with van der Waals surface area (Å²) in [5, 5.41) is 0. The largest absolute Gasteiger partial charge is 0.497 e. The molecule has 5 rings (SSSR count). The first kappa shape index (κ1) is 21.2. The van der Waals surface area contributed by atoms with E-state index in [2.05, 4.69) is 28.1 Å². The van der Waals surface area contributed by atoms with Gasteiger partial charge < -0.3 is 14.4 Å². The fourth-order valence-corrected chi connectivity index (χ4v) is 4.09. The minimum atomic E-state index is -0.0739. The maximum absolute atomic E-state index is 12.1. The fraction of sp³-hybridized carbons (Fsp3) is 0.111. The maximum Gasteiger partial charge on any atom is 0.264 e. The number of fused-ring (bicyclic) bond motifs is 1. The van der Waals surface area contributed by atoms with Gasteiger partial charge in [0.05, 0.1) is 24.2 Å². The second-order valence-electron chi connectivity index (χ2n) is 7.79. The van der Waals surface area contributed by atoms with E-state index in [0.717, 1.165) is 49.6 Å². The van der Waals surface area contributed by atoms with Crippen LogP contribution >= 0.6 is 15.9 Å². The van der Waals surface area contributed by atoms with Crippen LogP contribution in [0.15, 0.2) is 83.3 Å². The number of pyridine rings is 1. The van der Waals surface area contributed by atoms with Crippen LogP contribution < -0.4 is 14.4 Å². The minimum absolute atomic E-state index is 0.0573. The first-order valence-electron chi connectivity index (χ1n) is 10.5. The van der Waals surface area contributed by atoms with Crippen LogP contribution in [-0.2, 0) is 4.79 Å². The highest BCUT2D eigenvalue weighted by molar-refractivity contribution is 9.10. The molecule has 0 saturated heterocycles. The molecule has 0 atom stereocenters. The van der Waals surface area contributed by atoms with Gasteiger partial charge in [-0.2, -0.15) is 0 Å². The molecule has 0 N–H and O–H groups in total. The Balaban J connectivity index is 1.65. The topological polar surface area (TPSA) is 51.7 Å². The number of carbonyl (C=O) groups is 1. The molecule has 0 spiro atoms. The Bertz CT molecular complexity index is 1330. The number of rotatable bonds is 4. The Kier molecular flexibility index (Phi) is 5.60. The number of ether oxygens (including phenoxy) is 2. The summed E-state index contributed by atoms with van der Waals surface area (Å²) in [6, 6.07) is 26.1. The standard InChI is InChI=1S/C27H21BrN2O3/c1-30-25-15-19(7-12-26(25)33-16-27(30)31)24-14-20(17-5-10-22(32-2)11-6-17)13-23(29-24)18-3-8-21(28)9-4-18/h3-15H,16H2,1-2H3. The zero-order valence-corrected chi connectivity index (χ0v) is 19.8. The molecule has 6 heteroatoms. The summed E-state index contributed by atoms with van der Waals surface area (Å²) in [4.78, 5) is 18.7. The lowest BCUT2D eigenvalue weighted by Crippen LogP contribution is -2.35. The number of methoxy groups -OCH3 is 1. The van der Waals surface area contributed by atoms with Crippen LogP contribution in [0.25, 0.3) is 33.6 Å². The van der Waals surface area contributed by atoms with Gasteiger partial charge in [-0.15, -0.1) is 0 Å². The lowest BCUT2D eigenvalue weighted by atomic mass is 9.99. The molecule has 1 aromatic heterocycles. The molecule has 1 amide bonds. The minimum Gasteiger partial charge on any atom is -0.497 e. The molecule has 0 fully saturated rings. The summed E-state index contributed by atoms with van der Waals surface area (Å²) < 4.78 is 11.9. The van der Waals surface area contributed by atoms with Crippen molar-refractivity contribution in [2.24, 2.45) is 0 Å². The highest BCUT2D eigenvalue weighted by atomic mass is 79.9. The molecule has 1 aliphatic heterocycles. The van der Waals surface area contributed by atoms with Crippen LogP contribution in [0.2, 0.25) is 0 Å². The molecule has 33 heavy (non-hydrogen) atoms. The molecule has 4 aromatic rings. The number of hydrogen-bond acceptors (Lipinski definition) is 4. The van der Waals surface area contributed by atoms with E-state index in [9.17, 15) is 4.79 Å². The van der Waals surface area contributed by atoms with Crippen LogP contribution in [0.1, 0.15) is 0 Å². The lowest BCUT2D eigenvalue weighted by Gasteiger charge is -2.26. The SMILES string of the molecule is COc1ccc(-c2cc(-c3ccc(Br)cc3)nc(-c3ccc4c(c3)N(C)C(=O)CO4)c2)cc1. The van der Waals surface area contributed by atoms with Crippen molar-refractivity contribution in [3.63, 3.8) is 0 Å². The second-order valence-corrected chi connectivity index (χ2v) is 8.70. The number of anilines is 1. The van der Waals surface area contributed by atoms with Gasteiger partial charge in [-0.05, 0) is 65.7 Å². The Morgan fingerprint density at radius 1 is 0.848 bits per heavy atom. The molecule has 2 heterocycles. The van der Waals surface area contributed by atoms with Gasteiger partial charge in [-0.1, -0.05) is 40.2 Å². The number of benzene rings is 3. The quantitative estimate of drug-likeness (QED) is 0.334. The molecule has 164 valence electrons. The van der Waals surface area contributed by atoms with Crippen LogP contribution in [0, 0.1) is 0 Å². The summed E-state index contributed by atoms with van der Waals surface area (Å²) >= 11 is 3.50. The second kappa shape index (κ2) is 8.71. The normalized spacial score (nSPS) is 12.8. The molecule has 0 unspecified atom stereocenters. The van der Waals surface area contributed by atoms with Crippen molar-refractivity contribution in [2.45, 2.75) is 0 Å². The number of nitrogens with zero attached hydrogens (tertiary/aromatic N) is 2. The number of amides is 1. The number of hydrogen-bond donors (Lipinski definition) is 0. The Labute approximate surface area is 200 Å². The Morgan fingerprint density at radius 2 is 1.48 bits per heavy atom. The van der Waals surface area contributed by atoms with E-state index in [1.807, 2.05) is 66.7 Å². The first-order valence-corrected chi connectivity index (χ1v) is 11.3. The predicted molar refractivity (Wildman–Crippen MR) is 134 cm³/mol. The van der Waals surface area contributed by atoms with Crippen molar-refractivity contribution in [2.75, 3.05) is 25.7 Å². The van der Waals surface area contributed by atoms with Crippen molar-refractivity contribution in [3.8, 4) is 45.1 Å². The average Bonchev–Trinajstić information content (AvgIpc) is 2.86. The van der Waals surface area contributed by atoms with Crippen molar-refractivity contribution in [3.05, 3.63) is 83.3 Å². The van der Waals surface area contributed by atoms with Gasteiger partial charge in [0.25, 0.3) is 5.91 Å². The van der Waals surface area contributed by atoms with Crippen molar-refractivity contribution >= 4 is 27.5 Å². The monoisotopic (exact) mass is 500 g/mol. The zero-order chi connectivity index (χ0) is 22.9. The summed E-state index contributed by atoms with van der Waals surface area (Å²) in [6.07, 6.45) is 0. The van der Waals surface area contributed by atoms with Gasteiger partial charge in [-0.25, -0.2) is 4.98 Å². The number of aromatic nitrogens is 1. The van der Waals surface area contributed by atoms with E-state index < -0.39 is 0 Å². The lowest BCUT2D eigenvalue weighted by molar-refractivity contribution is -0.120. The van der Waals surface area contributed by atoms with Gasteiger partial charge in [0, 0.05) is 22.6 Å². The highest BCUT2D eigenvalue weighted by Gasteiger charge is 2.23. The van der Waals surface area contributed by atoms with Crippen LogP contribution in [-0.4, -0.2) is 31.7 Å². The van der Waals surface area contributed by atoms with Crippen molar-refractivity contribution < 1.29 is 14.3 Å². The van der Waals surface area contributed by atoms with Gasteiger partial charge in [0.15, 0.2) is 6.61 Å². The molecule has 5 nitrogen and oxygen atoms in total. The van der Waals surface area contributed by atoms with E-state index >= 15 is 0 Å². The summed E-state index contributed by atoms with van der Waals surface area (Å²) in [7, 11) is 3.43. The van der Waals surface area contributed by atoms with E-state index in [0.29, 0.717) is 5.75 Å². The smallest absolute Gasteiger partial charge is 0.264 e. The van der Waals surface area contributed by atoms with E-state index in [1.165, 1.54) is 0 Å². The zero-order valence-electron chi connectivity index (χ0n) is 18.2. The van der Waals surface area contributed by atoms with Gasteiger partial charge in [0.1, 0.15) is 11.5 Å². The third kappa shape index (κ3) is 4.22. The number of carbonyl (C=O) groups excluding carboxylic acids is 1. The van der Waals surface area contributed by atoms with Crippen LogP contribution in [0.3, 0.4) is 0 Å². The van der Waals surface area contributed by atoms with E-state index in [4.69, 9.17) is 14.5 Å². The van der Waals surface area contributed by atoms with Crippen LogP contribution in [0.5, 0.6) is 11.5 Å². The van der Waals surface area contributed by atoms with E-state index in [1.54, 1.807) is 19.1 Å².